The van der Waals surface area contributed by atoms with Gasteiger partial charge in [0, 0.05) is 12.6 Å². The molecule has 0 saturated carbocycles. The number of ether oxygens (including phenoxy) is 4. The van der Waals surface area contributed by atoms with Crippen LogP contribution in [0, 0.1) is 0 Å². The van der Waals surface area contributed by atoms with Gasteiger partial charge in [0.15, 0.2) is 0 Å². The molecule has 8 nitrogen and oxygen atoms in total. The summed E-state index contributed by atoms with van der Waals surface area (Å²) in [4.78, 5) is 11.6. The molecule has 0 aromatic heterocycles. The maximum absolute atomic E-state index is 12.1. The van der Waals surface area contributed by atoms with E-state index in [1.807, 2.05) is 20.8 Å². The number of nitrogens with one attached hydrogen (secondary N) is 1. The minimum atomic E-state index is -3.58. The van der Waals surface area contributed by atoms with Gasteiger partial charge in [0.05, 0.1) is 19.6 Å². The zero-order valence-corrected chi connectivity index (χ0v) is 16.9. The first-order valence-electron chi connectivity index (χ1n) is 8.79. The van der Waals surface area contributed by atoms with Crippen molar-refractivity contribution >= 4 is 16.0 Å². The zero-order chi connectivity index (χ0) is 20.1. The Morgan fingerprint density at radius 2 is 2.00 bits per heavy atom. The van der Waals surface area contributed by atoms with E-state index in [-0.39, 0.29) is 55.5 Å². The fraction of sp³-hybridized carbons (Fsp3) is 0.611. The first-order chi connectivity index (χ1) is 12.6. The first kappa shape index (κ1) is 21.5. The van der Waals surface area contributed by atoms with E-state index in [0.717, 1.165) is 0 Å². The Morgan fingerprint density at radius 1 is 1.26 bits per heavy atom. The fourth-order valence-electron chi connectivity index (χ4n) is 2.32. The Bertz CT molecular complexity index is 755. The normalized spacial score (nSPS) is 18.7. The molecule has 0 fully saturated rings. The number of benzene rings is 1. The molecule has 1 atom stereocenters. The van der Waals surface area contributed by atoms with Gasteiger partial charge in [-0.05, 0) is 39.8 Å². The van der Waals surface area contributed by atoms with Gasteiger partial charge in [-0.25, -0.2) is 13.1 Å². The molecule has 1 aromatic carbocycles. The molecular formula is C18H27NO7S. The van der Waals surface area contributed by atoms with Crippen LogP contribution in [0.25, 0.3) is 0 Å². The number of esters is 1. The molecule has 0 unspecified atom stereocenters. The van der Waals surface area contributed by atoms with Crippen molar-refractivity contribution in [2.24, 2.45) is 0 Å². The monoisotopic (exact) mass is 401 g/mol. The van der Waals surface area contributed by atoms with Crippen molar-refractivity contribution in [3.8, 4) is 11.5 Å². The minimum Gasteiger partial charge on any atom is -0.491 e. The Morgan fingerprint density at radius 3 is 2.70 bits per heavy atom. The lowest BCUT2D eigenvalue weighted by molar-refractivity contribution is -0.156. The van der Waals surface area contributed by atoms with Crippen LogP contribution >= 0.6 is 0 Å². The molecule has 152 valence electrons. The SMILES string of the molecule is C[C@@H]1CNS(=O)(=O)c2ccc(OCCOCCC(=O)OC(C)(C)C)cc2O1. The van der Waals surface area contributed by atoms with E-state index in [0.29, 0.717) is 5.75 Å². The predicted molar refractivity (Wildman–Crippen MR) is 98.5 cm³/mol. The van der Waals surface area contributed by atoms with E-state index < -0.39 is 15.6 Å². The summed E-state index contributed by atoms with van der Waals surface area (Å²) in [6.45, 7) is 8.21. The largest absolute Gasteiger partial charge is 0.491 e. The molecule has 1 N–H and O–H groups in total. The smallest absolute Gasteiger partial charge is 0.308 e. The maximum Gasteiger partial charge on any atom is 0.308 e. The van der Waals surface area contributed by atoms with E-state index in [1.165, 1.54) is 6.07 Å². The molecular weight excluding hydrogens is 374 g/mol. The highest BCUT2D eigenvalue weighted by Crippen LogP contribution is 2.31. The van der Waals surface area contributed by atoms with Crippen molar-refractivity contribution in [2.45, 2.75) is 50.7 Å². The fourth-order valence-corrected chi connectivity index (χ4v) is 3.55. The summed E-state index contributed by atoms with van der Waals surface area (Å²) >= 11 is 0. The summed E-state index contributed by atoms with van der Waals surface area (Å²) in [5, 5.41) is 0. The van der Waals surface area contributed by atoms with Crippen LogP contribution in [0.3, 0.4) is 0 Å². The van der Waals surface area contributed by atoms with Crippen molar-refractivity contribution in [3.63, 3.8) is 0 Å². The lowest BCUT2D eigenvalue weighted by atomic mass is 10.2. The van der Waals surface area contributed by atoms with Crippen LogP contribution in [0.1, 0.15) is 34.1 Å². The Balaban J connectivity index is 1.78. The number of hydrogen-bond acceptors (Lipinski definition) is 7. The molecule has 0 saturated heterocycles. The van der Waals surface area contributed by atoms with E-state index in [9.17, 15) is 13.2 Å². The molecule has 0 radical (unpaired) electrons. The van der Waals surface area contributed by atoms with Crippen LogP contribution in [0.15, 0.2) is 23.1 Å². The standard InChI is InChI=1S/C18H27NO7S/c1-13-12-19-27(21,22)16-6-5-14(11-15(16)25-13)24-10-9-23-8-7-17(20)26-18(2,3)4/h5-6,11,13,19H,7-10,12H2,1-4H3/t13-/m1/s1. The van der Waals surface area contributed by atoms with Gasteiger partial charge < -0.3 is 18.9 Å². The average molecular weight is 401 g/mol. The molecule has 9 heteroatoms. The lowest BCUT2D eigenvalue weighted by Crippen LogP contribution is -2.29. The summed E-state index contributed by atoms with van der Waals surface area (Å²) in [7, 11) is -3.58. The molecule has 0 aliphatic carbocycles. The molecule has 27 heavy (non-hydrogen) atoms. The Kier molecular flexibility index (Phi) is 7.07. The van der Waals surface area contributed by atoms with Gasteiger partial charge in [-0.15, -0.1) is 0 Å². The van der Waals surface area contributed by atoms with Gasteiger partial charge in [-0.3, -0.25) is 4.79 Å². The van der Waals surface area contributed by atoms with E-state index in [1.54, 1.807) is 19.1 Å². The summed E-state index contributed by atoms with van der Waals surface area (Å²) in [6.07, 6.45) is -0.111. The number of sulfonamides is 1. The molecule has 2 rings (SSSR count). The highest BCUT2D eigenvalue weighted by Gasteiger charge is 2.26. The predicted octanol–water partition coefficient (Wildman–Crippen LogP) is 1.87. The highest BCUT2D eigenvalue weighted by molar-refractivity contribution is 7.89. The summed E-state index contributed by atoms with van der Waals surface area (Å²) in [5.41, 5.74) is -0.506. The summed E-state index contributed by atoms with van der Waals surface area (Å²) in [6, 6.07) is 4.57. The van der Waals surface area contributed by atoms with Gasteiger partial charge in [-0.2, -0.15) is 0 Å². The van der Waals surface area contributed by atoms with Crippen molar-refractivity contribution in [3.05, 3.63) is 18.2 Å². The second kappa shape index (κ2) is 8.90. The van der Waals surface area contributed by atoms with Gasteiger partial charge in [0.2, 0.25) is 10.0 Å². The van der Waals surface area contributed by atoms with Gasteiger partial charge in [-0.1, -0.05) is 0 Å². The lowest BCUT2D eigenvalue weighted by Gasteiger charge is -2.19. The van der Waals surface area contributed by atoms with Crippen LogP contribution in [0.2, 0.25) is 0 Å². The van der Waals surface area contributed by atoms with Crippen molar-refractivity contribution in [1.82, 2.24) is 4.72 Å². The number of carbonyl (C=O) groups excluding carboxylic acids is 1. The maximum atomic E-state index is 12.1. The first-order valence-corrected chi connectivity index (χ1v) is 10.3. The third kappa shape index (κ3) is 7.00. The summed E-state index contributed by atoms with van der Waals surface area (Å²) in [5.74, 6) is 0.430. The van der Waals surface area contributed by atoms with Crippen molar-refractivity contribution < 1.29 is 32.2 Å². The second-order valence-electron chi connectivity index (χ2n) is 7.19. The van der Waals surface area contributed by atoms with Crippen LogP contribution in [-0.2, 0) is 24.3 Å². The van der Waals surface area contributed by atoms with Crippen LogP contribution in [0.5, 0.6) is 11.5 Å². The topological polar surface area (TPSA) is 100 Å². The molecule has 0 bridgehead atoms. The third-order valence-electron chi connectivity index (χ3n) is 3.46. The van der Waals surface area contributed by atoms with Gasteiger partial charge >= 0.3 is 5.97 Å². The van der Waals surface area contributed by atoms with Gasteiger partial charge in [0.25, 0.3) is 0 Å². The van der Waals surface area contributed by atoms with E-state index in [4.69, 9.17) is 18.9 Å². The molecule has 1 heterocycles. The van der Waals surface area contributed by atoms with Crippen molar-refractivity contribution in [2.75, 3.05) is 26.4 Å². The Labute approximate surface area is 160 Å². The number of fused-ring (bicyclic) bond motifs is 1. The quantitative estimate of drug-likeness (QED) is 0.550. The van der Waals surface area contributed by atoms with E-state index in [2.05, 4.69) is 4.72 Å². The van der Waals surface area contributed by atoms with E-state index >= 15 is 0 Å². The molecule has 0 amide bonds. The molecule has 0 spiro atoms. The van der Waals surface area contributed by atoms with Gasteiger partial charge in [0.1, 0.15) is 34.7 Å². The molecule has 1 aromatic rings. The number of rotatable bonds is 7. The Hall–Kier alpha value is -1.84. The minimum absolute atomic E-state index is 0.0906. The molecule has 1 aliphatic heterocycles. The van der Waals surface area contributed by atoms with Crippen LogP contribution in [-0.4, -0.2) is 52.5 Å². The second-order valence-corrected chi connectivity index (χ2v) is 8.92. The third-order valence-corrected chi connectivity index (χ3v) is 4.92. The zero-order valence-electron chi connectivity index (χ0n) is 16.1. The average Bonchev–Trinajstić information content (AvgIpc) is 2.65. The van der Waals surface area contributed by atoms with Crippen molar-refractivity contribution in [1.29, 1.82) is 0 Å². The van der Waals surface area contributed by atoms with Crippen LogP contribution in [0.4, 0.5) is 0 Å². The number of carbonyl (C=O) groups is 1. The number of hydrogen-bond donors (Lipinski definition) is 1. The summed E-state index contributed by atoms with van der Waals surface area (Å²) < 4.78 is 48.5. The molecule has 1 aliphatic rings. The van der Waals surface area contributed by atoms with Crippen LogP contribution < -0.4 is 14.2 Å². The highest BCUT2D eigenvalue weighted by atomic mass is 32.2.